The molecule has 2 bridgehead atoms. The molecule has 0 radical (unpaired) electrons. The number of pyridine rings is 1. The maximum absolute atomic E-state index is 16.8. The number of piperazine rings is 1. The van der Waals surface area contributed by atoms with Crippen LogP contribution >= 0.6 is 0 Å². The van der Waals surface area contributed by atoms with Gasteiger partial charge >= 0.3 is 6.01 Å². The number of hydrogen-bond acceptors (Lipinski definition) is 8. The Morgan fingerprint density at radius 2 is 2.02 bits per heavy atom. The average Bonchev–Trinajstić information content (AvgIpc) is 3.65. The highest BCUT2D eigenvalue weighted by Gasteiger charge is 2.46. The molecule has 4 saturated heterocycles. The zero-order valence-corrected chi connectivity index (χ0v) is 24.6. The highest BCUT2D eigenvalue weighted by molar-refractivity contribution is 6.01. The molecule has 3 atom stereocenters. The number of ether oxygens (including phenoxy) is 1. The number of phenolic OH excluding ortho intramolecular Hbond substituents is 1. The number of nitrogens with zero attached hydrogens (tertiary/aromatic N) is 5. The van der Waals surface area contributed by atoms with Crippen molar-refractivity contribution in [1.29, 1.82) is 0 Å². The maximum atomic E-state index is 16.8. The monoisotopic (exact) mass is 580 g/mol. The fourth-order valence-corrected chi connectivity index (χ4v) is 8.10. The van der Waals surface area contributed by atoms with Crippen LogP contribution in [0.4, 0.5) is 10.2 Å². The predicted molar refractivity (Wildman–Crippen MR) is 166 cm³/mol. The first-order chi connectivity index (χ1) is 20.9. The van der Waals surface area contributed by atoms with Crippen LogP contribution in [0.3, 0.4) is 0 Å². The second-order valence-electron chi connectivity index (χ2n) is 12.9. The molecule has 4 aromatic rings. The van der Waals surface area contributed by atoms with Crippen LogP contribution in [0, 0.1) is 5.82 Å². The number of halogens is 1. The number of phenols is 1. The average molecular weight is 581 g/mol. The summed E-state index contributed by atoms with van der Waals surface area (Å²) in [4.78, 5) is 19.0. The van der Waals surface area contributed by atoms with Crippen LogP contribution in [0.15, 0.2) is 48.7 Å². The van der Waals surface area contributed by atoms with Gasteiger partial charge < -0.3 is 20.1 Å². The lowest BCUT2D eigenvalue weighted by Gasteiger charge is -2.34. The van der Waals surface area contributed by atoms with E-state index in [-0.39, 0.29) is 28.5 Å². The van der Waals surface area contributed by atoms with Crippen molar-refractivity contribution >= 4 is 27.5 Å². The van der Waals surface area contributed by atoms with Crippen LogP contribution in [0.1, 0.15) is 44.6 Å². The van der Waals surface area contributed by atoms with Gasteiger partial charge in [-0.3, -0.25) is 9.88 Å². The summed E-state index contributed by atoms with van der Waals surface area (Å²) in [6.07, 6.45) is 7.78. The summed E-state index contributed by atoms with van der Waals surface area (Å²) >= 11 is 0. The SMILES string of the molecule is C=C1CN2CCCC2(COc2nc(N3C[C@H]4CC[C@@H](C3)N4)c3cnc(-c4cc(O)cc5cccc(CC)c45)c(F)c3n2)C1. The predicted octanol–water partition coefficient (Wildman–Crippen LogP) is 5.37. The molecule has 1 unspecified atom stereocenters. The van der Waals surface area contributed by atoms with E-state index in [0.29, 0.717) is 35.5 Å². The normalized spacial score (nSPS) is 25.3. The number of aromatic nitrogens is 3. The third-order valence-corrected chi connectivity index (χ3v) is 10.0. The molecule has 222 valence electrons. The van der Waals surface area contributed by atoms with Gasteiger partial charge in [-0.25, -0.2) is 4.39 Å². The number of anilines is 1. The van der Waals surface area contributed by atoms with Crippen molar-refractivity contribution in [3.8, 4) is 23.0 Å². The summed E-state index contributed by atoms with van der Waals surface area (Å²) in [6, 6.07) is 10.2. The zero-order chi connectivity index (χ0) is 29.3. The Balaban J connectivity index is 1.27. The van der Waals surface area contributed by atoms with Crippen molar-refractivity contribution < 1.29 is 14.2 Å². The second-order valence-corrected chi connectivity index (χ2v) is 12.9. The fraction of sp³-hybridized carbons (Fsp3) is 0.441. The van der Waals surface area contributed by atoms with Gasteiger partial charge in [0.25, 0.3) is 0 Å². The number of hydrogen-bond donors (Lipinski definition) is 2. The van der Waals surface area contributed by atoms with Gasteiger partial charge in [0.15, 0.2) is 5.82 Å². The minimum atomic E-state index is -0.531. The highest BCUT2D eigenvalue weighted by Crippen LogP contribution is 2.42. The van der Waals surface area contributed by atoms with Crippen molar-refractivity contribution in [2.45, 2.75) is 63.1 Å². The van der Waals surface area contributed by atoms with Crippen LogP contribution in [0.25, 0.3) is 32.9 Å². The second kappa shape index (κ2) is 10.1. The van der Waals surface area contributed by atoms with E-state index < -0.39 is 5.82 Å². The molecule has 0 amide bonds. The van der Waals surface area contributed by atoms with Crippen molar-refractivity contribution in [2.75, 3.05) is 37.7 Å². The van der Waals surface area contributed by atoms with Crippen LogP contribution in [0.2, 0.25) is 0 Å². The van der Waals surface area contributed by atoms with Crippen LogP contribution in [0.5, 0.6) is 11.8 Å². The first-order valence-corrected chi connectivity index (χ1v) is 15.6. The molecule has 8 nitrogen and oxygen atoms in total. The third-order valence-electron chi connectivity index (χ3n) is 10.0. The maximum Gasteiger partial charge on any atom is 0.319 e. The molecular weight excluding hydrogens is 543 g/mol. The Bertz CT molecular complexity index is 1770. The van der Waals surface area contributed by atoms with E-state index in [4.69, 9.17) is 14.7 Å². The molecule has 2 aromatic carbocycles. The first kappa shape index (κ1) is 26.8. The topological polar surface area (TPSA) is 86.6 Å². The third kappa shape index (κ3) is 4.43. The van der Waals surface area contributed by atoms with E-state index in [1.54, 1.807) is 18.3 Å². The summed E-state index contributed by atoms with van der Waals surface area (Å²) in [5.41, 5.74) is 3.11. The number of aryl methyl sites for hydroxylation is 1. The molecule has 4 aliphatic heterocycles. The largest absolute Gasteiger partial charge is 0.508 e. The molecule has 9 heteroatoms. The summed E-state index contributed by atoms with van der Waals surface area (Å²) in [7, 11) is 0. The number of benzene rings is 2. The van der Waals surface area contributed by atoms with Gasteiger partial charge in [-0.1, -0.05) is 37.3 Å². The summed E-state index contributed by atoms with van der Waals surface area (Å²) < 4.78 is 23.2. The van der Waals surface area contributed by atoms with Crippen molar-refractivity contribution in [2.24, 2.45) is 0 Å². The Morgan fingerprint density at radius 3 is 2.84 bits per heavy atom. The van der Waals surface area contributed by atoms with E-state index >= 15 is 4.39 Å². The molecule has 0 saturated carbocycles. The Kier molecular flexibility index (Phi) is 6.31. The molecule has 2 aromatic heterocycles. The molecule has 4 fully saturated rings. The molecule has 0 aliphatic carbocycles. The molecule has 0 spiro atoms. The molecule has 8 rings (SSSR count). The Labute approximate surface area is 250 Å². The number of aromatic hydroxyl groups is 1. The number of fused-ring (bicyclic) bond motifs is 5. The van der Waals surface area contributed by atoms with Gasteiger partial charge in [-0.2, -0.15) is 9.97 Å². The standard InChI is InChI=1S/C34H37FN6O2/c1-3-21-6-4-7-22-12-25(42)13-26(28(21)22)30-29(35)31-27(15-36-30)32(40-17-23-8-9-24(18-40)37-23)39-33(38-31)43-19-34-10-5-11-41(34)16-20(2)14-34/h4,6-7,12-13,15,23-24,37,42H,2-3,5,8-11,14,16-19H2,1H3/t23-,24+,34?. The van der Waals surface area contributed by atoms with Gasteiger partial charge in [0, 0.05) is 43.5 Å². The molecular formula is C34H37FN6O2. The van der Waals surface area contributed by atoms with Gasteiger partial charge in [0.1, 0.15) is 29.4 Å². The lowest BCUT2D eigenvalue weighted by molar-refractivity contribution is 0.108. The first-order valence-electron chi connectivity index (χ1n) is 15.6. The van der Waals surface area contributed by atoms with Gasteiger partial charge in [0.2, 0.25) is 0 Å². The number of rotatable bonds is 6. The Morgan fingerprint density at radius 1 is 1.19 bits per heavy atom. The van der Waals surface area contributed by atoms with E-state index in [0.717, 1.165) is 81.0 Å². The van der Waals surface area contributed by atoms with Crippen molar-refractivity contribution in [3.63, 3.8) is 0 Å². The molecule has 2 N–H and O–H groups in total. The summed E-state index contributed by atoms with van der Waals surface area (Å²) in [6.45, 7) is 10.3. The lowest BCUT2D eigenvalue weighted by Crippen LogP contribution is -2.51. The van der Waals surface area contributed by atoms with Gasteiger partial charge in [0.05, 0.1) is 10.9 Å². The van der Waals surface area contributed by atoms with Crippen LogP contribution < -0.4 is 15.0 Å². The fourth-order valence-electron chi connectivity index (χ4n) is 8.10. The minimum absolute atomic E-state index is 0.0688. The highest BCUT2D eigenvalue weighted by atomic mass is 19.1. The number of nitrogens with one attached hydrogen (secondary N) is 1. The molecule has 43 heavy (non-hydrogen) atoms. The van der Waals surface area contributed by atoms with E-state index in [9.17, 15) is 5.11 Å². The van der Waals surface area contributed by atoms with Crippen molar-refractivity contribution in [3.05, 3.63) is 60.1 Å². The molecule has 6 heterocycles. The van der Waals surface area contributed by atoms with E-state index in [2.05, 4.69) is 33.6 Å². The van der Waals surface area contributed by atoms with Crippen LogP contribution in [-0.4, -0.2) is 75.4 Å². The molecule has 4 aliphatic rings. The minimum Gasteiger partial charge on any atom is -0.508 e. The van der Waals surface area contributed by atoms with Gasteiger partial charge in [-0.05, 0) is 73.5 Å². The van der Waals surface area contributed by atoms with E-state index in [1.807, 2.05) is 18.2 Å². The quantitative estimate of drug-likeness (QED) is 0.295. The van der Waals surface area contributed by atoms with Crippen LogP contribution in [-0.2, 0) is 6.42 Å². The van der Waals surface area contributed by atoms with E-state index in [1.165, 1.54) is 5.57 Å². The lowest BCUT2D eigenvalue weighted by atomic mass is 9.94. The Hall–Kier alpha value is -3.82. The van der Waals surface area contributed by atoms with Gasteiger partial charge in [-0.15, -0.1) is 0 Å². The van der Waals surface area contributed by atoms with Crippen molar-refractivity contribution in [1.82, 2.24) is 25.2 Å². The zero-order valence-electron chi connectivity index (χ0n) is 24.6. The smallest absolute Gasteiger partial charge is 0.319 e. The summed E-state index contributed by atoms with van der Waals surface area (Å²) in [5.74, 6) is 0.207. The summed E-state index contributed by atoms with van der Waals surface area (Å²) in [5, 5.41) is 16.6.